The van der Waals surface area contributed by atoms with E-state index in [2.05, 4.69) is 12.2 Å². The van der Waals surface area contributed by atoms with Crippen LogP contribution < -0.4 is 5.32 Å². The molecule has 0 atom stereocenters. The van der Waals surface area contributed by atoms with Crippen LogP contribution in [0.15, 0.2) is 12.3 Å². The molecule has 1 aromatic rings. The van der Waals surface area contributed by atoms with Crippen LogP contribution in [0.3, 0.4) is 0 Å². The zero-order valence-electron chi connectivity index (χ0n) is 10.8. The van der Waals surface area contributed by atoms with Gasteiger partial charge in [-0.25, -0.2) is 0 Å². The van der Waals surface area contributed by atoms with Crippen LogP contribution in [0.1, 0.15) is 30.3 Å². The van der Waals surface area contributed by atoms with Crippen LogP contribution in [0, 0.1) is 0 Å². The molecular weight excluding hydrogens is 250 g/mol. The lowest BCUT2D eigenvalue weighted by molar-refractivity contribution is 0.0755. The lowest BCUT2D eigenvalue weighted by Gasteiger charge is -2.20. The first kappa shape index (κ1) is 13.4. The number of aryl methyl sites for hydroxylation is 1. The third-order valence-corrected chi connectivity index (χ3v) is 3.38. The number of hydrogen-bond acceptors (Lipinski definition) is 2. The van der Waals surface area contributed by atoms with Gasteiger partial charge in [-0.1, -0.05) is 18.5 Å². The molecule has 0 bridgehead atoms. The third-order valence-electron chi connectivity index (χ3n) is 3.17. The van der Waals surface area contributed by atoms with E-state index in [1.54, 1.807) is 6.07 Å². The molecule has 0 aliphatic carbocycles. The Morgan fingerprint density at radius 1 is 1.44 bits per heavy atom. The zero-order chi connectivity index (χ0) is 13.0. The van der Waals surface area contributed by atoms with Crippen molar-refractivity contribution in [3.63, 3.8) is 0 Å². The second-order valence-corrected chi connectivity index (χ2v) is 5.07. The Hall–Kier alpha value is -1.00. The van der Waals surface area contributed by atoms with E-state index in [1.165, 1.54) is 0 Å². The quantitative estimate of drug-likeness (QED) is 0.911. The van der Waals surface area contributed by atoms with E-state index in [4.69, 9.17) is 11.6 Å². The van der Waals surface area contributed by atoms with E-state index < -0.39 is 0 Å². The molecule has 100 valence electrons. The van der Waals surface area contributed by atoms with Crippen molar-refractivity contribution in [2.24, 2.45) is 0 Å². The number of carbonyl (C=O) groups excluding carboxylic acids is 1. The van der Waals surface area contributed by atoms with Gasteiger partial charge < -0.3 is 14.8 Å². The average Bonchev–Trinajstić information content (AvgIpc) is 2.57. The first-order chi connectivity index (χ1) is 8.72. The first-order valence-electron chi connectivity index (χ1n) is 6.58. The molecule has 1 N–H and O–H groups in total. The molecule has 0 aromatic carbocycles. The number of amides is 1. The molecule has 4 nitrogen and oxygen atoms in total. The van der Waals surface area contributed by atoms with Crippen LogP contribution in [0.5, 0.6) is 0 Å². The van der Waals surface area contributed by atoms with Crippen molar-refractivity contribution >= 4 is 17.5 Å². The van der Waals surface area contributed by atoms with Crippen LogP contribution in [0.25, 0.3) is 0 Å². The smallest absolute Gasteiger partial charge is 0.270 e. The average molecular weight is 270 g/mol. The summed E-state index contributed by atoms with van der Waals surface area (Å²) >= 11 is 6.01. The number of rotatable bonds is 3. The summed E-state index contributed by atoms with van der Waals surface area (Å²) in [5.41, 5.74) is 0.712. The highest BCUT2D eigenvalue weighted by Gasteiger charge is 2.20. The minimum atomic E-state index is 0.0963. The zero-order valence-corrected chi connectivity index (χ0v) is 11.5. The number of nitrogens with zero attached hydrogens (tertiary/aromatic N) is 2. The Labute approximate surface area is 113 Å². The number of aromatic nitrogens is 1. The molecule has 0 saturated carbocycles. The van der Waals surface area contributed by atoms with Crippen LogP contribution in [-0.4, -0.2) is 41.6 Å². The van der Waals surface area contributed by atoms with Gasteiger partial charge in [0, 0.05) is 32.4 Å². The maximum atomic E-state index is 12.5. The van der Waals surface area contributed by atoms with Crippen molar-refractivity contribution in [1.82, 2.24) is 14.8 Å². The van der Waals surface area contributed by atoms with Gasteiger partial charge in [-0.3, -0.25) is 4.79 Å². The Morgan fingerprint density at radius 3 is 3.06 bits per heavy atom. The summed E-state index contributed by atoms with van der Waals surface area (Å²) in [4.78, 5) is 14.4. The van der Waals surface area contributed by atoms with Crippen molar-refractivity contribution in [1.29, 1.82) is 0 Å². The van der Waals surface area contributed by atoms with E-state index in [0.717, 1.165) is 45.6 Å². The van der Waals surface area contributed by atoms with Gasteiger partial charge in [-0.05, 0) is 25.5 Å². The van der Waals surface area contributed by atoms with Crippen molar-refractivity contribution in [2.45, 2.75) is 26.3 Å². The molecule has 1 amide bonds. The lowest BCUT2D eigenvalue weighted by atomic mass is 10.3. The largest absolute Gasteiger partial charge is 0.342 e. The second kappa shape index (κ2) is 6.25. The maximum absolute atomic E-state index is 12.5. The fraction of sp³-hybridized carbons (Fsp3) is 0.615. The second-order valence-electron chi connectivity index (χ2n) is 4.63. The fourth-order valence-corrected chi connectivity index (χ4v) is 2.51. The Balaban J connectivity index is 2.16. The van der Waals surface area contributed by atoms with Crippen LogP contribution in [-0.2, 0) is 6.54 Å². The molecule has 0 spiro atoms. The molecule has 1 saturated heterocycles. The van der Waals surface area contributed by atoms with Gasteiger partial charge in [-0.2, -0.15) is 0 Å². The standard InChI is InChI=1S/C13H20ClN3O/c1-2-6-17-10-11(14)9-12(17)13(18)16-7-3-4-15-5-8-16/h9-10,15H,2-8H2,1H3. The maximum Gasteiger partial charge on any atom is 0.270 e. The Morgan fingerprint density at radius 2 is 2.28 bits per heavy atom. The molecule has 2 heterocycles. The third kappa shape index (κ3) is 3.06. The highest BCUT2D eigenvalue weighted by atomic mass is 35.5. The summed E-state index contributed by atoms with van der Waals surface area (Å²) in [6.45, 7) is 6.38. The van der Waals surface area contributed by atoms with E-state index in [1.807, 2.05) is 15.7 Å². The monoisotopic (exact) mass is 269 g/mol. The molecule has 0 unspecified atom stereocenters. The molecule has 2 rings (SSSR count). The van der Waals surface area contributed by atoms with Gasteiger partial charge in [0.2, 0.25) is 0 Å². The highest BCUT2D eigenvalue weighted by molar-refractivity contribution is 6.31. The Bertz CT molecular complexity index is 408. The number of hydrogen-bond donors (Lipinski definition) is 1. The molecule has 18 heavy (non-hydrogen) atoms. The topological polar surface area (TPSA) is 37.3 Å². The highest BCUT2D eigenvalue weighted by Crippen LogP contribution is 2.17. The van der Waals surface area contributed by atoms with E-state index in [-0.39, 0.29) is 5.91 Å². The lowest BCUT2D eigenvalue weighted by Crippen LogP contribution is -2.35. The number of halogens is 1. The molecular formula is C13H20ClN3O. The minimum absolute atomic E-state index is 0.0963. The summed E-state index contributed by atoms with van der Waals surface area (Å²) in [7, 11) is 0. The Kier molecular flexibility index (Phi) is 4.66. The molecule has 0 radical (unpaired) electrons. The van der Waals surface area contributed by atoms with Crippen LogP contribution in [0.4, 0.5) is 0 Å². The summed E-state index contributed by atoms with van der Waals surface area (Å²) < 4.78 is 1.96. The number of nitrogens with one attached hydrogen (secondary N) is 1. The van der Waals surface area contributed by atoms with Crippen molar-refractivity contribution in [2.75, 3.05) is 26.2 Å². The molecule has 1 fully saturated rings. The van der Waals surface area contributed by atoms with E-state index in [9.17, 15) is 4.79 Å². The molecule has 1 aliphatic rings. The van der Waals surface area contributed by atoms with Crippen molar-refractivity contribution in [3.05, 3.63) is 23.0 Å². The molecule has 1 aliphatic heterocycles. The van der Waals surface area contributed by atoms with Crippen LogP contribution in [0.2, 0.25) is 5.02 Å². The van der Waals surface area contributed by atoms with Crippen molar-refractivity contribution < 1.29 is 4.79 Å². The van der Waals surface area contributed by atoms with E-state index >= 15 is 0 Å². The predicted molar refractivity (Wildman–Crippen MR) is 73.1 cm³/mol. The van der Waals surface area contributed by atoms with Gasteiger partial charge in [0.25, 0.3) is 5.91 Å². The predicted octanol–water partition coefficient (Wildman–Crippen LogP) is 1.99. The first-order valence-corrected chi connectivity index (χ1v) is 6.96. The van der Waals surface area contributed by atoms with Crippen molar-refractivity contribution in [3.8, 4) is 0 Å². The van der Waals surface area contributed by atoms with Crippen LogP contribution >= 0.6 is 11.6 Å². The summed E-state index contributed by atoms with van der Waals surface area (Å²) in [6, 6.07) is 1.78. The number of carbonyl (C=O) groups is 1. The summed E-state index contributed by atoms with van der Waals surface area (Å²) in [6.07, 6.45) is 3.84. The normalized spacial score (nSPS) is 16.7. The van der Waals surface area contributed by atoms with Gasteiger partial charge in [0.1, 0.15) is 5.69 Å². The van der Waals surface area contributed by atoms with Gasteiger partial charge >= 0.3 is 0 Å². The van der Waals surface area contributed by atoms with Gasteiger partial charge in [0.15, 0.2) is 0 Å². The summed E-state index contributed by atoms with van der Waals surface area (Å²) in [5.74, 6) is 0.0963. The SMILES string of the molecule is CCCn1cc(Cl)cc1C(=O)N1CCCNCC1. The van der Waals surface area contributed by atoms with Gasteiger partial charge in [-0.15, -0.1) is 0 Å². The minimum Gasteiger partial charge on any atom is -0.342 e. The fourth-order valence-electron chi connectivity index (χ4n) is 2.29. The van der Waals surface area contributed by atoms with Gasteiger partial charge in [0.05, 0.1) is 5.02 Å². The molecule has 1 aromatic heterocycles. The molecule has 5 heteroatoms. The van der Waals surface area contributed by atoms with E-state index in [0.29, 0.717) is 10.7 Å². The summed E-state index contributed by atoms with van der Waals surface area (Å²) in [5, 5.41) is 3.94.